The van der Waals surface area contributed by atoms with Gasteiger partial charge in [0.2, 0.25) is 11.9 Å². The second-order valence-electron chi connectivity index (χ2n) is 7.01. The van der Waals surface area contributed by atoms with E-state index in [-0.39, 0.29) is 12.0 Å². The van der Waals surface area contributed by atoms with E-state index in [1.165, 1.54) is 6.42 Å². The summed E-state index contributed by atoms with van der Waals surface area (Å²) in [6, 6.07) is 0. The second-order valence-corrected chi connectivity index (χ2v) is 7.01. The Kier molecular flexibility index (Phi) is 5.12. The van der Waals surface area contributed by atoms with E-state index in [4.69, 9.17) is 14.5 Å². The smallest absolute Gasteiger partial charge is 0.225 e. The Labute approximate surface area is 148 Å². The number of fused-ring (bicyclic) bond motifs is 1. The summed E-state index contributed by atoms with van der Waals surface area (Å²) in [4.78, 5) is 25.8. The maximum atomic E-state index is 12.5. The molecule has 4 heterocycles. The summed E-state index contributed by atoms with van der Waals surface area (Å²) in [7, 11) is 0. The number of hydrogen-bond donors (Lipinski definition) is 0. The van der Waals surface area contributed by atoms with Crippen LogP contribution in [0.15, 0.2) is 6.20 Å². The van der Waals surface area contributed by atoms with Crippen molar-refractivity contribution in [2.45, 2.75) is 44.8 Å². The van der Waals surface area contributed by atoms with Crippen LogP contribution in [0.2, 0.25) is 0 Å². The summed E-state index contributed by atoms with van der Waals surface area (Å²) in [6.45, 7) is 5.17. The van der Waals surface area contributed by atoms with Gasteiger partial charge in [-0.05, 0) is 19.3 Å². The van der Waals surface area contributed by atoms with Gasteiger partial charge < -0.3 is 19.3 Å². The zero-order valence-corrected chi connectivity index (χ0v) is 14.7. The van der Waals surface area contributed by atoms with E-state index >= 15 is 0 Å². The number of rotatable bonds is 3. The van der Waals surface area contributed by atoms with Gasteiger partial charge in [0.15, 0.2) is 0 Å². The van der Waals surface area contributed by atoms with Crippen LogP contribution < -0.4 is 4.90 Å². The molecule has 0 aromatic carbocycles. The molecule has 4 rings (SSSR count). The third-order valence-electron chi connectivity index (χ3n) is 5.27. The van der Waals surface area contributed by atoms with Crippen molar-refractivity contribution in [2.75, 3.05) is 44.3 Å². The van der Waals surface area contributed by atoms with Gasteiger partial charge in [0.1, 0.15) is 0 Å². The lowest BCUT2D eigenvalue weighted by Gasteiger charge is -2.36. The molecule has 1 atom stereocenters. The van der Waals surface area contributed by atoms with Crippen LogP contribution in [0, 0.1) is 0 Å². The van der Waals surface area contributed by atoms with Crippen LogP contribution in [-0.4, -0.2) is 66.3 Å². The molecule has 0 bridgehead atoms. The summed E-state index contributed by atoms with van der Waals surface area (Å²) in [5, 5.41) is 0. The molecule has 1 aromatic rings. The summed E-state index contributed by atoms with van der Waals surface area (Å²) in [5.74, 6) is 0.999. The van der Waals surface area contributed by atoms with Gasteiger partial charge in [-0.3, -0.25) is 4.79 Å². The first-order valence-corrected chi connectivity index (χ1v) is 9.36. The van der Waals surface area contributed by atoms with Crippen LogP contribution >= 0.6 is 0 Å². The average molecular weight is 346 g/mol. The fourth-order valence-electron chi connectivity index (χ4n) is 3.72. The lowest BCUT2D eigenvalue weighted by Crippen LogP contribution is -2.50. The molecule has 2 fully saturated rings. The van der Waals surface area contributed by atoms with Crippen LogP contribution in [0.3, 0.4) is 0 Å². The molecule has 25 heavy (non-hydrogen) atoms. The fraction of sp³-hybridized carbons (Fsp3) is 0.722. The van der Waals surface area contributed by atoms with E-state index in [9.17, 15) is 4.79 Å². The van der Waals surface area contributed by atoms with Gasteiger partial charge in [-0.15, -0.1) is 0 Å². The minimum absolute atomic E-state index is 0.116. The molecule has 0 aliphatic carbocycles. The van der Waals surface area contributed by atoms with Crippen molar-refractivity contribution in [1.29, 1.82) is 0 Å². The zero-order chi connectivity index (χ0) is 17.1. The fourth-order valence-corrected chi connectivity index (χ4v) is 3.72. The van der Waals surface area contributed by atoms with Gasteiger partial charge in [-0.25, -0.2) is 9.97 Å². The molecule has 136 valence electrons. The number of anilines is 1. The van der Waals surface area contributed by atoms with Crippen molar-refractivity contribution in [1.82, 2.24) is 14.9 Å². The molecule has 3 aliphatic heterocycles. The first kappa shape index (κ1) is 16.7. The van der Waals surface area contributed by atoms with Crippen LogP contribution in [0.1, 0.15) is 36.9 Å². The Morgan fingerprint density at radius 3 is 2.88 bits per heavy atom. The number of carbonyl (C=O) groups is 1. The van der Waals surface area contributed by atoms with Gasteiger partial charge >= 0.3 is 0 Å². The van der Waals surface area contributed by atoms with Crippen molar-refractivity contribution in [3.05, 3.63) is 17.5 Å². The number of piperazine rings is 1. The van der Waals surface area contributed by atoms with Gasteiger partial charge in [0.05, 0.1) is 31.4 Å². The van der Waals surface area contributed by atoms with Gasteiger partial charge in [-0.2, -0.15) is 0 Å². The number of ether oxygens (including phenoxy) is 2. The van der Waals surface area contributed by atoms with E-state index < -0.39 is 0 Å². The van der Waals surface area contributed by atoms with Crippen molar-refractivity contribution in [3.8, 4) is 0 Å². The molecule has 0 spiro atoms. The number of nitrogens with zero attached hydrogens (tertiary/aromatic N) is 4. The summed E-state index contributed by atoms with van der Waals surface area (Å²) < 4.78 is 11.1. The maximum Gasteiger partial charge on any atom is 0.225 e. The Hall–Kier alpha value is -1.73. The average Bonchev–Trinajstić information content (AvgIpc) is 2.68. The molecular formula is C18H26N4O3. The maximum absolute atomic E-state index is 12.5. The SMILES string of the molecule is O=C(C[C@@H]1CCCCO1)N1CCN(c2ncc3c(n2)CCOC3)CC1. The molecule has 1 aromatic heterocycles. The standard InChI is InChI=1S/C18H26N4O3/c23-17(11-15-3-1-2-9-25-15)21-5-7-22(8-6-21)18-19-12-14-13-24-10-4-16(14)20-18/h12,15H,1-11,13H2/t15-/m0/s1. The molecule has 7 heteroatoms. The van der Waals surface area contributed by atoms with Gasteiger partial charge in [0.25, 0.3) is 0 Å². The predicted octanol–water partition coefficient (Wildman–Crippen LogP) is 1.16. The highest BCUT2D eigenvalue weighted by Gasteiger charge is 2.26. The Balaban J connectivity index is 1.31. The monoisotopic (exact) mass is 346 g/mol. The van der Waals surface area contributed by atoms with Crippen LogP contribution in [0.4, 0.5) is 5.95 Å². The summed E-state index contributed by atoms with van der Waals surface area (Å²) in [6.07, 6.45) is 6.68. The molecule has 0 unspecified atom stereocenters. The lowest BCUT2D eigenvalue weighted by atomic mass is 10.1. The normalized spacial score (nSPS) is 24.1. The first-order chi connectivity index (χ1) is 12.3. The lowest BCUT2D eigenvalue weighted by molar-refractivity contribution is -0.135. The molecule has 0 saturated carbocycles. The molecule has 2 saturated heterocycles. The quantitative estimate of drug-likeness (QED) is 0.818. The van der Waals surface area contributed by atoms with Crippen LogP contribution in [-0.2, 0) is 27.3 Å². The molecule has 0 N–H and O–H groups in total. The molecule has 7 nitrogen and oxygen atoms in total. The van der Waals surface area contributed by atoms with E-state index in [0.717, 1.165) is 75.9 Å². The van der Waals surface area contributed by atoms with E-state index in [1.54, 1.807) is 0 Å². The minimum atomic E-state index is 0.116. The molecule has 1 amide bonds. The topological polar surface area (TPSA) is 67.8 Å². The van der Waals surface area contributed by atoms with Crippen LogP contribution in [0.5, 0.6) is 0 Å². The van der Waals surface area contributed by atoms with Crippen molar-refractivity contribution in [3.63, 3.8) is 0 Å². The number of aromatic nitrogens is 2. The van der Waals surface area contributed by atoms with Gasteiger partial charge in [0, 0.05) is 51.0 Å². The minimum Gasteiger partial charge on any atom is -0.378 e. The number of amides is 1. The predicted molar refractivity (Wildman–Crippen MR) is 92.4 cm³/mol. The van der Waals surface area contributed by atoms with Gasteiger partial charge in [-0.1, -0.05) is 0 Å². The Morgan fingerprint density at radius 2 is 2.08 bits per heavy atom. The van der Waals surface area contributed by atoms with E-state index in [0.29, 0.717) is 13.0 Å². The zero-order valence-electron chi connectivity index (χ0n) is 14.7. The summed E-state index contributed by atoms with van der Waals surface area (Å²) in [5.41, 5.74) is 2.19. The number of carbonyl (C=O) groups excluding carboxylic acids is 1. The van der Waals surface area contributed by atoms with E-state index in [1.807, 2.05) is 11.1 Å². The molecular weight excluding hydrogens is 320 g/mol. The third-order valence-corrected chi connectivity index (χ3v) is 5.27. The Bertz CT molecular complexity index is 610. The Morgan fingerprint density at radius 1 is 1.20 bits per heavy atom. The van der Waals surface area contributed by atoms with E-state index in [2.05, 4.69) is 9.88 Å². The molecule has 3 aliphatic rings. The highest BCUT2D eigenvalue weighted by Crippen LogP contribution is 2.20. The number of hydrogen-bond acceptors (Lipinski definition) is 6. The largest absolute Gasteiger partial charge is 0.378 e. The highest BCUT2D eigenvalue weighted by atomic mass is 16.5. The van der Waals surface area contributed by atoms with Crippen LogP contribution in [0.25, 0.3) is 0 Å². The van der Waals surface area contributed by atoms with Crippen molar-refractivity contribution < 1.29 is 14.3 Å². The third kappa shape index (κ3) is 3.93. The molecule has 0 radical (unpaired) electrons. The second kappa shape index (κ2) is 7.66. The van der Waals surface area contributed by atoms with Crippen molar-refractivity contribution in [2.24, 2.45) is 0 Å². The van der Waals surface area contributed by atoms with Crippen molar-refractivity contribution >= 4 is 11.9 Å². The highest BCUT2D eigenvalue weighted by molar-refractivity contribution is 5.77. The first-order valence-electron chi connectivity index (χ1n) is 9.36. The summed E-state index contributed by atoms with van der Waals surface area (Å²) >= 11 is 0.